The number of aromatic nitrogens is 5. The van der Waals surface area contributed by atoms with Crippen molar-refractivity contribution in [1.82, 2.24) is 24.7 Å². The monoisotopic (exact) mass is 396 g/mol. The van der Waals surface area contributed by atoms with Crippen LogP contribution >= 0.6 is 22.7 Å². The SMILES string of the molecule is Cc1nc(N2CCC[C@@H](c3nncn3C)C2)c2c(-c3cccs3)csc2n1. The van der Waals surface area contributed by atoms with E-state index in [1.165, 1.54) is 15.8 Å². The molecule has 0 amide bonds. The molecule has 1 aliphatic rings. The van der Waals surface area contributed by atoms with Crippen LogP contribution in [0.5, 0.6) is 0 Å². The number of fused-ring (bicyclic) bond motifs is 1. The predicted molar refractivity (Wildman–Crippen MR) is 111 cm³/mol. The summed E-state index contributed by atoms with van der Waals surface area (Å²) < 4.78 is 2.04. The Morgan fingerprint density at radius 1 is 1.22 bits per heavy atom. The first-order valence-corrected chi connectivity index (χ1v) is 10.8. The summed E-state index contributed by atoms with van der Waals surface area (Å²) in [7, 11) is 2.02. The molecule has 1 atom stereocenters. The molecule has 5 rings (SSSR count). The van der Waals surface area contributed by atoms with Crippen LogP contribution in [0.2, 0.25) is 0 Å². The standard InChI is InChI=1S/C19H20N6S2/c1-12-21-18(16-14(10-27-19(16)22-12)15-6-4-8-26-15)25-7-3-5-13(9-25)17-23-20-11-24(17)2/h4,6,8,10-11,13H,3,5,7,9H2,1-2H3/t13-/m1/s1. The van der Waals surface area contributed by atoms with E-state index in [-0.39, 0.29) is 0 Å². The van der Waals surface area contributed by atoms with E-state index in [0.717, 1.165) is 48.2 Å². The molecule has 0 aliphatic carbocycles. The van der Waals surface area contributed by atoms with Gasteiger partial charge in [-0.25, -0.2) is 9.97 Å². The van der Waals surface area contributed by atoms with E-state index in [4.69, 9.17) is 9.97 Å². The van der Waals surface area contributed by atoms with E-state index in [0.29, 0.717) is 5.92 Å². The van der Waals surface area contributed by atoms with Crippen molar-refractivity contribution in [2.24, 2.45) is 7.05 Å². The maximum absolute atomic E-state index is 4.89. The van der Waals surface area contributed by atoms with E-state index in [1.807, 2.05) is 18.5 Å². The van der Waals surface area contributed by atoms with Crippen LogP contribution in [0.3, 0.4) is 0 Å². The number of nitrogens with zero attached hydrogens (tertiary/aromatic N) is 6. The number of hydrogen-bond acceptors (Lipinski definition) is 7. The van der Waals surface area contributed by atoms with Crippen LogP contribution in [0, 0.1) is 6.92 Å². The molecular weight excluding hydrogens is 376 g/mol. The number of piperidine rings is 1. The lowest BCUT2D eigenvalue weighted by Crippen LogP contribution is -2.36. The van der Waals surface area contributed by atoms with Gasteiger partial charge >= 0.3 is 0 Å². The molecule has 0 N–H and O–H groups in total. The molecule has 1 aliphatic heterocycles. The Morgan fingerprint density at radius 3 is 2.93 bits per heavy atom. The lowest BCUT2D eigenvalue weighted by atomic mass is 9.97. The fourth-order valence-corrected chi connectivity index (χ4v) is 5.71. The van der Waals surface area contributed by atoms with Crippen molar-refractivity contribution in [2.75, 3.05) is 18.0 Å². The highest BCUT2D eigenvalue weighted by atomic mass is 32.1. The van der Waals surface area contributed by atoms with Gasteiger partial charge in [0.25, 0.3) is 0 Å². The van der Waals surface area contributed by atoms with Crippen molar-refractivity contribution in [3.05, 3.63) is 40.9 Å². The second-order valence-corrected chi connectivity index (χ2v) is 8.79. The molecule has 0 spiro atoms. The Morgan fingerprint density at radius 2 is 2.15 bits per heavy atom. The molecule has 0 radical (unpaired) electrons. The van der Waals surface area contributed by atoms with Gasteiger partial charge in [-0.15, -0.1) is 32.9 Å². The number of aryl methyl sites for hydroxylation is 2. The third-order valence-electron chi connectivity index (χ3n) is 5.15. The highest BCUT2D eigenvalue weighted by Crippen LogP contribution is 2.41. The van der Waals surface area contributed by atoms with Crippen LogP contribution in [0.15, 0.2) is 29.2 Å². The second-order valence-electron chi connectivity index (χ2n) is 6.99. The van der Waals surface area contributed by atoms with Gasteiger partial charge in [-0.05, 0) is 31.2 Å². The fourth-order valence-electron chi connectivity index (χ4n) is 3.91. The Kier molecular flexibility index (Phi) is 4.17. The van der Waals surface area contributed by atoms with Gasteiger partial charge in [-0.3, -0.25) is 0 Å². The lowest BCUT2D eigenvalue weighted by Gasteiger charge is -2.33. The molecule has 4 aromatic heterocycles. The molecule has 0 saturated carbocycles. The van der Waals surface area contributed by atoms with Gasteiger partial charge in [-0.2, -0.15) is 0 Å². The van der Waals surface area contributed by atoms with Crippen LogP contribution in [0.4, 0.5) is 5.82 Å². The maximum atomic E-state index is 4.89. The third-order valence-corrected chi connectivity index (χ3v) is 6.92. The van der Waals surface area contributed by atoms with Crippen LogP contribution < -0.4 is 4.90 Å². The average molecular weight is 397 g/mol. The van der Waals surface area contributed by atoms with Crippen molar-refractivity contribution in [2.45, 2.75) is 25.7 Å². The highest BCUT2D eigenvalue weighted by molar-refractivity contribution is 7.18. The van der Waals surface area contributed by atoms with Gasteiger partial charge in [0.2, 0.25) is 0 Å². The molecule has 4 aromatic rings. The highest BCUT2D eigenvalue weighted by Gasteiger charge is 2.28. The third kappa shape index (κ3) is 2.93. The molecule has 0 unspecified atom stereocenters. The minimum absolute atomic E-state index is 0.375. The minimum atomic E-state index is 0.375. The lowest BCUT2D eigenvalue weighted by molar-refractivity contribution is 0.478. The van der Waals surface area contributed by atoms with Crippen LogP contribution in [0.1, 0.15) is 30.4 Å². The summed E-state index contributed by atoms with van der Waals surface area (Å²) in [6, 6.07) is 4.28. The van der Waals surface area contributed by atoms with Gasteiger partial charge in [0, 0.05) is 41.9 Å². The molecule has 1 fully saturated rings. The average Bonchev–Trinajstić information content (AvgIpc) is 3.41. The summed E-state index contributed by atoms with van der Waals surface area (Å²) in [4.78, 5) is 14.4. The molecule has 6 nitrogen and oxygen atoms in total. The zero-order valence-electron chi connectivity index (χ0n) is 15.3. The topological polar surface area (TPSA) is 59.7 Å². The van der Waals surface area contributed by atoms with Gasteiger partial charge in [0.15, 0.2) is 0 Å². The Labute approximate surface area is 165 Å². The van der Waals surface area contributed by atoms with Crippen molar-refractivity contribution in [1.29, 1.82) is 0 Å². The summed E-state index contributed by atoms with van der Waals surface area (Å²) in [5.41, 5.74) is 1.25. The largest absolute Gasteiger partial charge is 0.355 e. The summed E-state index contributed by atoms with van der Waals surface area (Å²) in [5.74, 6) is 3.33. The maximum Gasteiger partial charge on any atom is 0.141 e. The van der Waals surface area contributed by atoms with E-state index in [2.05, 4.69) is 38.0 Å². The molecule has 27 heavy (non-hydrogen) atoms. The van der Waals surface area contributed by atoms with Crippen molar-refractivity contribution >= 4 is 38.7 Å². The zero-order chi connectivity index (χ0) is 18.4. The van der Waals surface area contributed by atoms with Crippen LogP contribution in [0.25, 0.3) is 20.7 Å². The van der Waals surface area contributed by atoms with Crippen LogP contribution in [-0.4, -0.2) is 37.8 Å². The van der Waals surface area contributed by atoms with E-state index in [9.17, 15) is 0 Å². The van der Waals surface area contributed by atoms with E-state index >= 15 is 0 Å². The molecule has 5 heterocycles. The summed E-state index contributed by atoms with van der Waals surface area (Å²) >= 11 is 3.47. The first-order chi connectivity index (χ1) is 13.2. The first kappa shape index (κ1) is 16.8. The number of anilines is 1. The summed E-state index contributed by atoms with van der Waals surface area (Å²) in [6.07, 6.45) is 4.05. The first-order valence-electron chi connectivity index (χ1n) is 9.09. The zero-order valence-corrected chi connectivity index (χ0v) is 16.9. The predicted octanol–water partition coefficient (Wildman–Crippen LogP) is 4.24. The normalized spacial score (nSPS) is 17.7. The quantitative estimate of drug-likeness (QED) is 0.518. The van der Waals surface area contributed by atoms with Gasteiger partial charge in [0.1, 0.15) is 28.6 Å². The van der Waals surface area contributed by atoms with Crippen molar-refractivity contribution < 1.29 is 0 Å². The minimum Gasteiger partial charge on any atom is -0.355 e. The molecule has 0 aromatic carbocycles. The Balaban J connectivity index is 1.59. The Bertz CT molecular complexity index is 1080. The van der Waals surface area contributed by atoms with E-state index in [1.54, 1.807) is 29.0 Å². The number of hydrogen-bond donors (Lipinski definition) is 0. The Hall–Kier alpha value is -2.32. The molecule has 138 valence electrons. The van der Waals surface area contributed by atoms with Gasteiger partial charge in [0.05, 0.1) is 5.39 Å². The summed E-state index contributed by atoms with van der Waals surface area (Å²) in [6.45, 7) is 3.91. The second kappa shape index (κ2) is 6.69. The molecular formula is C19H20N6S2. The van der Waals surface area contributed by atoms with Gasteiger partial charge < -0.3 is 9.47 Å². The fraction of sp³-hybridized carbons (Fsp3) is 0.368. The number of rotatable bonds is 3. The molecule has 0 bridgehead atoms. The number of thiophene rings is 2. The van der Waals surface area contributed by atoms with Crippen LogP contribution in [-0.2, 0) is 7.05 Å². The van der Waals surface area contributed by atoms with Crippen molar-refractivity contribution in [3.8, 4) is 10.4 Å². The summed E-state index contributed by atoms with van der Waals surface area (Å²) in [5, 5.41) is 14.0. The molecule has 1 saturated heterocycles. The van der Waals surface area contributed by atoms with Crippen molar-refractivity contribution in [3.63, 3.8) is 0 Å². The molecule has 8 heteroatoms. The smallest absolute Gasteiger partial charge is 0.141 e. The van der Waals surface area contributed by atoms with Gasteiger partial charge in [-0.1, -0.05) is 6.07 Å². The van der Waals surface area contributed by atoms with E-state index < -0.39 is 0 Å².